The van der Waals surface area contributed by atoms with Crippen LogP contribution in [0.2, 0.25) is 0 Å². The standard InChI is InChI=1S/C18H21N3O4/c1-24-12-18(17(19)23)8-4-10-21(18)15(22)11-25-14-7-2-5-13-6-3-9-20-16(13)14/h2-3,5-7,9H,4,8,10-12H2,1H3,(H2,19,23). The number of primary amides is 1. The molecule has 0 aliphatic carbocycles. The van der Waals surface area contributed by atoms with E-state index in [1.807, 2.05) is 24.3 Å². The van der Waals surface area contributed by atoms with E-state index in [1.54, 1.807) is 12.3 Å². The molecule has 1 aliphatic heterocycles. The molecule has 25 heavy (non-hydrogen) atoms. The maximum absolute atomic E-state index is 12.7. The van der Waals surface area contributed by atoms with Crippen LogP contribution >= 0.6 is 0 Å². The van der Waals surface area contributed by atoms with Gasteiger partial charge in [-0.2, -0.15) is 0 Å². The van der Waals surface area contributed by atoms with Crippen molar-refractivity contribution in [2.24, 2.45) is 5.73 Å². The highest BCUT2D eigenvalue weighted by Gasteiger charge is 2.48. The van der Waals surface area contributed by atoms with Crippen LogP contribution in [0.25, 0.3) is 10.9 Å². The number of hydrogen-bond donors (Lipinski definition) is 1. The van der Waals surface area contributed by atoms with Crippen LogP contribution in [0.15, 0.2) is 36.5 Å². The molecule has 1 aromatic carbocycles. The minimum absolute atomic E-state index is 0.0872. The van der Waals surface area contributed by atoms with E-state index in [0.717, 1.165) is 5.39 Å². The van der Waals surface area contributed by atoms with Crippen molar-refractivity contribution in [2.45, 2.75) is 18.4 Å². The number of ether oxygens (including phenoxy) is 2. The number of carbonyl (C=O) groups is 2. The molecule has 2 aromatic rings. The molecule has 7 heteroatoms. The van der Waals surface area contributed by atoms with E-state index in [4.69, 9.17) is 15.2 Å². The van der Waals surface area contributed by atoms with E-state index in [-0.39, 0.29) is 19.1 Å². The first-order valence-electron chi connectivity index (χ1n) is 8.14. The zero-order valence-corrected chi connectivity index (χ0v) is 14.1. The van der Waals surface area contributed by atoms with Crippen molar-refractivity contribution in [1.82, 2.24) is 9.88 Å². The molecule has 3 rings (SSSR count). The predicted molar refractivity (Wildman–Crippen MR) is 92.0 cm³/mol. The maximum Gasteiger partial charge on any atom is 0.261 e. The highest BCUT2D eigenvalue weighted by atomic mass is 16.5. The molecule has 1 aromatic heterocycles. The van der Waals surface area contributed by atoms with Gasteiger partial charge in [0, 0.05) is 25.2 Å². The maximum atomic E-state index is 12.7. The molecule has 132 valence electrons. The molecule has 2 N–H and O–H groups in total. The van der Waals surface area contributed by atoms with Crippen molar-refractivity contribution in [3.63, 3.8) is 0 Å². The lowest BCUT2D eigenvalue weighted by Crippen LogP contribution is -2.59. The van der Waals surface area contributed by atoms with Crippen molar-refractivity contribution in [3.05, 3.63) is 36.5 Å². The summed E-state index contributed by atoms with van der Waals surface area (Å²) in [5.41, 5.74) is 5.17. The van der Waals surface area contributed by atoms with Crippen LogP contribution in [0.1, 0.15) is 12.8 Å². The monoisotopic (exact) mass is 343 g/mol. The second-order valence-electron chi connectivity index (χ2n) is 6.10. The van der Waals surface area contributed by atoms with Crippen LogP contribution in [-0.4, -0.2) is 54.1 Å². The summed E-state index contributed by atoms with van der Waals surface area (Å²) in [6.07, 6.45) is 2.87. The fourth-order valence-electron chi connectivity index (χ4n) is 3.37. The van der Waals surface area contributed by atoms with Crippen LogP contribution in [0.3, 0.4) is 0 Å². The first kappa shape index (κ1) is 17.2. The van der Waals surface area contributed by atoms with Crippen LogP contribution in [0, 0.1) is 0 Å². The Morgan fingerprint density at radius 3 is 2.88 bits per heavy atom. The van der Waals surface area contributed by atoms with Crippen molar-refractivity contribution < 1.29 is 19.1 Å². The van der Waals surface area contributed by atoms with Crippen molar-refractivity contribution in [1.29, 1.82) is 0 Å². The molecule has 1 aliphatic rings. The largest absolute Gasteiger partial charge is 0.481 e. The predicted octanol–water partition coefficient (Wildman–Crippen LogP) is 1.11. The van der Waals surface area contributed by atoms with Crippen molar-refractivity contribution >= 4 is 22.7 Å². The van der Waals surface area contributed by atoms with Crippen LogP contribution in [0.5, 0.6) is 5.75 Å². The van der Waals surface area contributed by atoms with E-state index in [0.29, 0.717) is 30.7 Å². The molecular weight excluding hydrogens is 322 g/mol. The average Bonchev–Trinajstić information content (AvgIpc) is 3.05. The van der Waals surface area contributed by atoms with E-state index < -0.39 is 11.4 Å². The fourth-order valence-corrected chi connectivity index (χ4v) is 3.37. The molecule has 1 fully saturated rings. The number of carbonyl (C=O) groups excluding carboxylic acids is 2. The molecule has 7 nitrogen and oxygen atoms in total. The number of rotatable bonds is 6. The zero-order chi connectivity index (χ0) is 17.9. The number of para-hydroxylation sites is 1. The fraction of sp³-hybridized carbons (Fsp3) is 0.389. The molecule has 0 bridgehead atoms. The Kier molecular flexibility index (Phi) is 4.85. The summed E-state index contributed by atoms with van der Waals surface area (Å²) < 4.78 is 10.8. The molecule has 0 spiro atoms. The topological polar surface area (TPSA) is 94.8 Å². The van der Waals surface area contributed by atoms with Crippen molar-refractivity contribution in [3.8, 4) is 5.75 Å². The smallest absolute Gasteiger partial charge is 0.261 e. The summed E-state index contributed by atoms with van der Waals surface area (Å²) in [5.74, 6) is -0.310. The quantitative estimate of drug-likeness (QED) is 0.848. The van der Waals surface area contributed by atoms with Gasteiger partial charge in [-0.05, 0) is 25.0 Å². The van der Waals surface area contributed by atoms with Crippen LogP contribution < -0.4 is 10.5 Å². The van der Waals surface area contributed by atoms with Gasteiger partial charge in [0.1, 0.15) is 16.8 Å². The Balaban J connectivity index is 1.76. The van der Waals surface area contributed by atoms with Gasteiger partial charge in [-0.3, -0.25) is 14.6 Å². The summed E-state index contributed by atoms with van der Waals surface area (Å²) >= 11 is 0. The summed E-state index contributed by atoms with van der Waals surface area (Å²) in [6.45, 7) is 0.362. The van der Waals surface area contributed by atoms with Gasteiger partial charge in [-0.1, -0.05) is 18.2 Å². The summed E-state index contributed by atoms with van der Waals surface area (Å²) in [4.78, 5) is 30.4. The number of nitrogens with zero attached hydrogens (tertiary/aromatic N) is 2. The summed E-state index contributed by atoms with van der Waals surface area (Å²) in [7, 11) is 1.49. The Hall–Kier alpha value is -2.67. The highest BCUT2D eigenvalue weighted by Crippen LogP contribution is 2.30. The highest BCUT2D eigenvalue weighted by molar-refractivity contribution is 5.92. The Bertz CT molecular complexity index is 789. The first-order valence-corrected chi connectivity index (χ1v) is 8.14. The molecule has 2 amide bonds. The Morgan fingerprint density at radius 1 is 1.32 bits per heavy atom. The molecule has 1 unspecified atom stereocenters. The lowest BCUT2D eigenvalue weighted by molar-refractivity contribution is -0.148. The third-order valence-electron chi connectivity index (χ3n) is 4.58. The van der Waals surface area contributed by atoms with E-state index in [2.05, 4.69) is 4.98 Å². The SMILES string of the molecule is COCC1(C(N)=O)CCCN1C(=O)COc1cccc2cccnc12. The van der Waals surface area contributed by atoms with Gasteiger partial charge in [0.25, 0.3) is 5.91 Å². The first-order chi connectivity index (χ1) is 12.1. The van der Waals surface area contributed by atoms with Gasteiger partial charge >= 0.3 is 0 Å². The normalized spacial score (nSPS) is 20.0. The number of aromatic nitrogens is 1. The summed E-state index contributed by atoms with van der Waals surface area (Å²) in [6, 6.07) is 9.30. The minimum atomic E-state index is -1.09. The van der Waals surface area contributed by atoms with Crippen LogP contribution in [0.4, 0.5) is 0 Å². The van der Waals surface area contributed by atoms with Gasteiger partial charge in [0.05, 0.1) is 6.61 Å². The number of likely N-dealkylation sites (tertiary alicyclic amines) is 1. The number of hydrogen-bond acceptors (Lipinski definition) is 5. The number of amides is 2. The third kappa shape index (κ3) is 3.15. The Labute approximate surface area is 145 Å². The number of methoxy groups -OCH3 is 1. The molecule has 1 atom stereocenters. The average molecular weight is 343 g/mol. The minimum Gasteiger partial charge on any atom is -0.481 e. The molecule has 1 saturated heterocycles. The molecule has 2 heterocycles. The number of pyridine rings is 1. The Morgan fingerprint density at radius 2 is 2.12 bits per heavy atom. The molecule has 0 saturated carbocycles. The van der Waals surface area contributed by atoms with E-state index in [9.17, 15) is 9.59 Å². The summed E-state index contributed by atoms with van der Waals surface area (Å²) in [5, 5.41) is 0.930. The van der Waals surface area contributed by atoms with E-state index in [1.165, 1.54) is 12.0 Å². The van der Waals surface area contributed by atoms with Gasteiger partial charge in [-0.25, -0.2) is 0 Å². The molecular formula is C18H21N3O4. The van der Waals surface area contributed by atoms with Crippen molar-refractivity contribution in [2.75, 3.05) is 26.9 Å². The number of benzene rings is 1. The van der Waals surface area contributed by atoms with Gasteiger partial charge in [-0.15, -0.1) is 0 Å². The lowest BCUT2D eigenvalue weighted by atomic mass is 9.96. The number of nitrogens with two attached hydrogens (primary N) is 1. The van der Waals surface area contributed by atoms with Gasteiger partial charge < -0.3 is 20.1 Å². The van der Waals surface area contributed by atoms with Gasteiger partial charge in [0.15, 0.2) is 6.61 Å². The van der Waals surface area contributed by atoms with Crippen LogP contribution in [-0.2, 0) is 14.3 Å². The zero-order valence-electron chi connectivity index (χ0n) is 14.1. The number of fused-ring (bicyclic) bond motifs is 1. The third-order valence-corrected chi connectivity index (χ3v) is 4.58. The second-order valence-corrected chi connectivity index (χ2v) is 6.10. The van der Waals surface area contributed by atoms with Gasteiger partial charge in [0.2, 0.25) is 5.91 Å². The van der Waals surface area contributed by atoms with E-state index >= 15 is 0 Å². The molecule has 0 radical (unpaired) electrons. The lowest BCUT2D eigenvalue weighted by Gasteiger charge is -2.35. The second kappa shape index (κ2) is 7.06.